The van der Waals surface area contributed by atoms with E-state index in [4.69, 9.17) is 10.2 Å². The van der Waals surface area contributed by atoms with Gasteiger partial charge in [-0.2, -0.15) is 0 Å². The van der Waals surface area contributed by atoms with Gasteiger partial charge in [-0.05, 0) is 24.3 Å². The molecule has 0 saturated carbocycles. The first kappa shape index (κ1) is 18.6. The van der Waals surface area contributed by atoms with Gasteiger partial charge in [0.25, 0.3) is 11.4 Å². The Bertz CT molecular complexity index is 1410. The molecule has 0 fully saturated rings. The van der Waals surface area contributed by atoms with Gasteiger partial charge < -0.3 is 5.32 Å². The molecule has 5 rings (SSSR count). The minimum Gasteiger partial charge on any atom is -0.301 e. The Hall–Kier alpha value is -4.38. The number of para-hydroxylation sites is 1. The Balaban J connectivity index is 1.68. The van der Waals surface area contributed by atoms with Crippen LogP contribution < -0.4 is 10.1 Å². The molecule has 1 aromatic heterocycles. The number of carbonyl (C=O) groups excluding carboxylic acids is 1. The van der Waals surface area contributed by atoms with Crippen LogP contribution in [0.1, 0.15) is 15.9 Å². The standard InChI is InChI=1S/C26H18N4O/c31-26(20-13-5-2-6-14-20)27-25(19-11-3-1-4-12-19)29-30-24-18-10-8-16-22(24)21-15-7-9-17-23(21)28-30/h1-18H/p+1. The summed E-state index contributed by atoms with van der Waals surface area (Å²) in [5.41, 5.74) is 3.03. The number of hydrogen-bond acceptors (Lipinski definition) is 3. The lowest BCUT2D eigenvalue weighted by Crippen LogP contribution is -2.40. The topological polar surface area (TPSA) is 58.2 Å². The lowest BCUT2D eigenvalue weighted by atomic mass is 10.1. The molecule has 4 aromatic carbocycles. The van der Waals surface area contributed by atoms with Crippen molar-refractivity contribution in [2.45, 2.75) is 0 Å². The van der Waals surface area contributed by atoms with Crippen molar-refractivity contribution in [3.05, 3.63) is 120 Å². The first-order chi connectivity index (χ1) is 15.3. The Morgan fingerprint density at radius 3 is 2.00 bits per heavy atom. The zero-order chi connectivity index (χ0) is 21.0. The third-order valence-corrected chi connectivity index (χ3v) is 5.03. The van der Waals surface area contributed by atoms with Gasteiger partial charge >= 0.3 is 0 Å². The summed E-state index contributed by atoms with van der Waals surface area (Å²) in [5, 5.41) is 14.5. The predicted molar refractivity (Wildman–Crippen MR) is 122 cm³/mol. The molecule has 5 aromatic rings. The molecule has 0 unspecified atom stereocenters. The molecule has 1 heterocycles. The fraction of sp³-hybridized carbons (Fsp3) is 0. The minimum atomic E-state index is -0.228. The van der Waals surface area contributed by atoms with Crippen LogP contribution in [0.15, 0.2) is 114 Å². The smallest absolute Gasteiger partial charge is 0.276 e. The van der Waals surface area contributed by atoms with Gasteiger partial charge in [0.1, 0.15) is 5.52 Å². The molecule has 31 heavy (non-hydrogen) atoms. The van der Waals surface area contributed by atoms with Gasteiger partial charge in [0.05, 0.1) is 15.3 Å². The van der Waals surface area contributed by atoms with Gasteiger partial charge in [-0.1, -0.05) is 78.9 Å². The Morgan fingerprint density at radius 2 is 1.26 bits per heavy atom. The lowest BCUT2D eigenvalue weighted by Gasteiger charge is -2.07. The molecule has 0 saturated heterocycles. The SMILES string of the molecule is O=C(N/C(=N\[n+]1nc2ccccc2c2ccccc21)c1ccccc1)c1ccccc1. The first-order valence-electron chi connectivity index (χ1n) is 10.0. The average molecular weight is 403 g/mol. The van der Waals surface area contributed by atoms with Crippen LogP contribution in [0.25, 0.3) is 21.8 Å². The summed E-state index contributed by atoms with van der Waals surface area (Å²) in [5.74, 6) is 0.196. The van der Waals surface area contributed by atoms with Crippen molar-refractivity contribution in [3.8, 4) is 0 Å². The lowest BCUT2D eigenvalue weighted by molar-refractivity contribution is -0.710. The summed E-state index contributed by atoms with van der Waals surface area (Å²) in [6.07, 6.45) is 0. The van der Waals surface area contributed by atoms with Crippen LogP contribution in [0.3, 0.4) is 0 Å². The van der Waals surface area contributed by atoms with Crippen LogP contribution in [-0.4, -0.2) is 16.8 Å². The van der Waals surface area contributed by atoms with E-state index in [2.05, 4.69) is 11.4 Å². The van der Waals surface area contributed by atoms with E-state index in [0.717, 1.165) is 27.4 Å². The number of amidine groups is 1. The fourth-order valence-corrected chi connectivity index (χ4v) is 3.51. The number of carbonyl (C=O) groups is 1. The number of amides is 1. The highest BCUT2D eigenvalue weighted by atomic mass is 16.1. The molecule has 0 aliphatic carbocycles. The van der Waals surface area contributed by atoms with Gasteiger partial charge in [-0.15, -0.1) is 0 Å². The number of fused-ring (bicyclic) bond motifs is 3. The summed E-state index contributed by atoms with van der Waals surface area (Å²) in [6.45, 7) is 0. The van der Waals surface area contributed by atoms with Crippen molar-refractivity contribution >= 4 is 33.5 Å². The van der Waals surface area contributed by atoms with E-state index < -0.39 is 0 Å². The van der Waals surface area contributed by atoms with Gasteiger partial charge in [0.2, 0.25) is 5.84 Å². The predicted octanol–water partition coefficient (Wildman–Crippen LogP) is 4.32. The second-order valence-electron chi connectivity index (χ2n) is 7.06. The van der Waals surface area contributed by atoms with Crippen LogP contribution in [0.5, 0.6) is 0 Å². The van der Waals surface area contributed by atoms with E-state index in [0.29, 0.717) is 11.4 Å². The molecule has 0 spiro atoms. The summed E-state index contributed by atoms with van der Waals surface area (Å²) >= 11 is 0. The van der Waals surface area contributed by atoms with Gasteiger partial charge in [-0.3, -0.25) is 4.79 Å². The third kappa shape index (κ3) is 3.76. The van der Waals surface area contributed by atoms with Crippen LogP contribution in [0.4, 0.5) is 0 Å². The summed E-state index contributed by atoms with van der Waals surface area (Å²) in [7, 11) is 0. The van der Waals surface area contributed by atoms with Crippen LogP contribution in [-0.2, 0) is 0 Å². The van der Waals surface area contributed by atoms with Crippen molar-refractivity contribution < 1.29 is 9.59 Å². The molecule has 1 N–H and O–H groups in total. The van der Waals surface area contributed by atoms with E-state index >= 15 is 0 Å². The number of nitrogens with one attached hydrogen (secondary N) is 1. The second kappa shape index (κ2) is 8.16. The van der Waals surface area contributed by atoms with E-state index in [1.54, 1.807) is 16.9 Å². The van der Waals surface area contributed by atoms with Gasteiger partial charge in [0.15, 0.2) is 0 Å². The van der Waals surface area contributed by atoms with Crippen molar-refractivity contribution in [3.63, 3.8) is 0 Å². The van der Waals surface area contributed by atoms with Crippen molar-refractivity contribution in [2.24, 2.45) is 5.10 Å². The molecule has 0 bridgehead atoms. The zero-order valence-electron chi connectivity index (χ0n) is 16.6. The van der Waals surface area contributed by atoms with E-state index in [1.807, 2.05) is 91.0 Å². The Kier molecular flexibility index (Phi) is 4.91. The highest BCUT2D eigenvalue weighted by Crippen LogP contribution is 2.20. The fourth-order valence-electron chi connectivity index (χ4n) is 3.51. The average Bonchev–Trinajstić information content (AvgIpc) is 2.85. The van der Waals surface area contributed by atoms with Gasteiger partial charge in [0, 0.05) is 27.7 Å². The quantitative estimate of drug-likeness (QED) is 0.211. The van der Waals surface area contributed by atoms with E-state index in [9.17, 15) is 4.79 Å². The molecule has 5 nitrogen and oxygen atoms in total. The highest BCUT2D eigenvalue weighted by Gasteiger charge is 2.19. The Morgan fingerprint density at radius 1 is 0.677 bits per heavy atom. The van der Waals surface area contributed by atoms with Crippen LogP contribution in [0, 0.1) is 0 Å². The van der Waals surface area contributed by atoms with Crippen molar-refractivity contribution in [2.75, 3.05) is 0 Å². The number of aromatic nitrogens is 2. The first-order valence-corrected chi connectivity index (χ1v) is 10.0. The maximum atomic E-state index is 12.9. The monoisotopic (exact) mass is 403 g/mol. The summed E-state index contributed by atoms with van der Waals surface area (Å²) in [4.78, 5) is 14.5. The summed E-state index contributed by atoms with van der Waals surface area (Å²) in [6, 6.07) is 34.6. The molecule has 0 aliphatic heterocycles. The minimum absolute atomic E-state index is 0.228. The van der Waals surface area contributed by atoms with Crippen LogP contribution >= 0.6 is 0 Å². The zero-order valence-corrected chi connectivity index (χ0v) is 16.6. The number of benzene rings is 4. The molecule has 5 heteroatoms. The van der Waals surface area contributed by atoms with E-state index in [-0.39, 0.29) is 5.91 Å². The third-order valence-electron chi connectivity index (χ3n) is 5.03. The number of hydrogen-bond donors (Lipinski definition) is 1. The molecular formula is C26H19N4O+. The maximum absolute atomic E-state index is 12.9. The summed E-state index contributed by atoms with van der Waals surface area (Å²) < 4.78 is 0. The maximum Gasteiger partial charge on any atom is 0.276 e. The van der Waals surface area contributed by atoms with Crippen molar-refractivity contribution in [1.29, 1.82) is 0 Å². The molecule has 148 valence electrons. The molecular weight excluding hydrogens is 384 g/mol. The van der Waals surface area contributed by atoms with Gasteiger partial charge in [-0.25, -0.2) is 0 Å². The number of rotatable bonds is 3. The Labute approximate surface area is 179 Å². The normalized spacial score (nSPS) is 11.5. The highest BCUT2D eigenvalue weighted by molar-refractivity contribution is 6.12. The largest absolute Gasteiger partial charge is 0.301 e. The van der Waals surface area contributed by atoms with Crippen LogP contribution in [0.2, 0.25) is 0 Å². The van der Waals surface area contributed by atoms with Crippen molar-refractivity contribution in [1.82, 2.24) is 10.4 Å². The number of nitrogens with zero attached hydrogens (tertiary/aromatic N) is 3. The molecule has 1 amide bonds. The molecule has 0 radical (unpaired) electrons. The second-order valence-corrected chi connectivity index (χ2v) is 7.06. The molecule has 0 aliphatic rings. The van der Waals surface area contributed by atoms with E-state index in [1.165, 1.54) is 0 Å². The molecule has 0 atom stereocenters.